The Balaban J connectivity index is 4.78. The van der Waals surface area contributed by atoms with E-state index < -0.39 is 0 Å². The zero-order valence-corrected chi connectivity index (χ0v) is 7.59. The van der Waals surface area contributed by atoms with E-state index >= 15 is 0 Å². The van der Waals surface area contributed by atoms with Crippen LogP contribution in [0.4, 0.5) is 0 Å². The largest absolute Gasteiger partial charge is 0.505 e. The zero-order valence-electron chi connectivity index (χ0n) is 7.59. The predicted molar refractivity (Wildman–Crippen MR) is 49.3 cm³/mol. The molecule has 0 saturated heterocycles. The minimum Gasteiger partial charge on any atom is -0.505 e. The predicted octanol–water partition coefficient (Wildman–Crippen LogP) is 2.01. The molecule has 0 saturated carbocycles. The number of Topliss-reactive ketones (excluding diaryl/α,β-unsaturated/α-hetero) is 1. The molecule has 0 aromatic carbocycles. The summed E-state index contributed by atoms with van der Waals surface area (Å²) in [7, 11) is 0. The monoisotopic (exact) mass is 167 g/mol. The number of rotatable bonds is 3. The van der Waals surface area contributed by atoms with Crippen LogP contribution in [0.2, 0.25) is 0 Å². The SMILES string of the molecule is C=C(C(C)=O)/C(O)=C(/C)N=CC. The molecule has 0 bridgehead atoms. The molecule has 0 spiro atoms. The highest BCUT2D eigenvalue weighted by Gasteiger charge is 2.07. The average molecular weight is 167 g/mol. The van der Waals surface area contributed by atoms with E-state index in [9.17, 15) is 9.90 Å². The maximum atomic E-state index is 10.7. The molecule has 66 valence electrons. The zero-order chi connectivity index (χ0) is 9.72. The van der Waals surface area contributed by atoms with E-state index in [1.54, 1.807) is 20.1 Å². The van der Waals surface area contributed by atoms with Crippen molar-refractivity contribution in [1.29, 1.82) is 0 Å². The van der Waals surface area contributed by atoms with Gasteiger partial charge in [0.25, 0.3) is 0 Å². The highest BCUT2D eigenvalue weighted by Crippen LogP contribution is 2.11. The first-order chi connectivity index (χ1) is 5.50. The number of carbonyl (C=O) groups excluding carboxylic acids is 1. The lowest BCUT2D eigenvalue weighted by Crippen LogP contribution is -1.99. The van der Waals surface area contributed by atoms with Gasteiger partial charge in [0.05, 0.1) is 11.3 Å². The molecule has 0 rings (SSSR count). The Morgan fingerprint density at radius 2 is 2.00 bits per heavy atom. The third kappa shape index (κ3) is 2.70. The lowest BCUT2D eigenvalue weighted by atomic mass is 10.1. The Kier molecular flexibility index (Phi) is 3.97. The van der Waals surface area contributed by atoms with Crippen LogP contribution in [0.5, 0.6) is 0 Å². The summed E-state index contributed by atoms with van der Waals surface area (Å²) in [5, 5.41) is 9.33. The van der Waals surface area contributed by atoms with Crippen LogP contribution in [0.1, 0.15) is 20.8 Å². The van der Waals surface area contributed by atoms with Crippen molar-refractivity contribution in [2.24, 2.45) is 4.99 Å². The summed E-state index contributed by atoms with van der Waals surface area (Å²) in [6.45, 7) is 8.12. The van der Waals surface area contributed by atoms with Gasteiger partial charge in [0.15, 0.2) is 5.78 Å². The molecule has 0 amide bonds. The van der Waals surface area contributed by atoms with Crippen molar-refractivity contribution in [2.45, 2.75) is 20.8 Å². The van der Waals surface area contributed by atoms with Gasteiger partial charge in [-0.2, -0.15) is 0 Å². The Hall–Kier alpha value is -1.38. The Bertz CT molecular complexity index is 262. The van der Waals surface area contributed by atoms with Crippen molar-refractivity contribution in [3.05, 3.63) is 23.6 Å². The van der Waals surface area contributed by atoms with Crippen LogP contribution < -0.4 is 0 Å². The highest BCUT2D eigenvalue weighted by atomic mass is 16.3. The Morgan fingerprint density at radius 1 is 1.50 bits per heavy atom. The number of hydrogen-bond acceptors (Lipinski definition) is 3. The number of allylic oxidation sites excluding steroid dienone is 2. The number of aliphatic hydroxyl groups is 1. The van der Waals surface area contributed by atoms with Gasteiger partial charge >= 0.3 is 0 Å². The Labute approximate surface area is 72.1 Å². The lowest BCUT2D eigenvalue weighted by Gasteiger charge is -2.01. The van der Waals surface area contributed by atoms with Crippen molar-refractivity contribution in [1.82, 2.24) is 0 Å². The van der Waals surface area contributed by atoms with Crippen molar-refractivity contribution >= 4 is 12.0 Å². The van der Waals surface area contributed by atoms with Crippen LogP contribution in [-0.4, -0.2) is 17.1 Å². The molecule has 0 aromatic heterocycles. The van der Waals surface area contributed by atoms with Crippen LogP contribution in [-0.2, 0) is 4.79 Å². The summed E-state index contributed by atoms with van der Waals surface area (Å²) in [6.07, 6.45) is 1.54. The highest BCUT2D eigenvalue weighted by molar-refractivity contribution is 5.96. The molecule has 0 aliphatic heterocycles. The van der Waals surface area contributed by atoms with E-state index in [4.69, 9.17) is 0 Å². The van der Waals surface area contributed by atoms with Crippen LogP contribution in [0, 0.1) is 0 Å². The molecule has 0 radical (unpaired) electrons. The summed E-state index contributed by atoms with van der Waals surface area (Å²) in [5.74, 6) is -0.390. The molecule has 1 N–H and O–H groups in total. The molecule has 3 nitrogen and oxygen atoms in total. The van der Waals surface area contributed by atoms with Gasteiger partial charge in [-0.05, 0) is 20.8 Å². The Morgan fingerprint density at radius 3 is 2.33 bits per heavy atom. The van der Waals surface area contributed by atoms with E-state index in [0.717, 1.165) is 0 Å². The normalized spacial score (nSPS) is 12.9. The number of aliphatic imine (C=N–C) groups is 1. The molecule has 0 heterocycles. The van der Waals surface area contributed by atoms with Gasteiger partial charge in [0, 0.05) is 6.21 Å². The van der Waals surface area contributed by atoms with Crippen molar-refractivity contribution in [3.63, 3.8) is 0 Å². The standard InChI is InChI=1S/C9H13NO2/c1-5-10-7(3)9(12)6(2)8(4)11/h5,12H,2H2,1,3-4H3/b9-7+,10-5?. The van der Waals surface area contributed by atoms with Crippen LogP contribution in [0.3, 0.4) is 0 Å². The van der Waals surface area contributed by atoms with Crippen LogP contribution >= 0.6 is 0 Å². The molecule has 0 aliphatic carbocycles. The van der Waals surface area contributed by atoms with E-state index in [0.29, 0.717) is 5.70 Å². The second kappa shape index (κ2) is 4.49. The third-order valence-corrected chi connectivity index (χ3v) is 1.38. The number of aliphatic hydroxyl groups excluding tert-OH is 1. The number of carbonyl (C=O) groups is 1. The summed E-state index contributed by atoms with van der Waals surface area (Å²) >= 11 is 0. The quantitative estimate of drug-likeness (QED) is 0.302. The summed E-state index contributed by atoms with van der Waals surface area (Å²) < 4.78 is 0. The molecular weight excluding hydrogens is 154 g/mol. The van der Waals surface area contributed by atoms with Crippen molar-refractivity contribution in [2.75, 3.05) is 0 Å². The molecule has 0 fully saturated rings. The van der Waals surface area contributed by atoms with Crippen molar-refractivity contribution < 1.29 is 9.90 Å². The van der Waals surface area contributed by atoms with E-state index in [-0.39, 0.29) is 17.1 Å². The number of hydrogen-bond donors (Lipinski definition) is 1. The first-order valence-corrected chi connectivity index (χ1v) is 3.59. The maximum Gasteiger partial charge on any atom is 0.162 e. The number of nitrogens with zero attached hydrogens (tertiary/aromatic N) is 1. The van der Waals surface area contributed by atoms with Gasteiger partial charge in [0.1, 0.15) is 5.76 Å². The topological polar surface area (TPSA) is 49.7 Å². The van der Waals surface area contributed by atoms with Gasteiger partial charge in [-0.15, -0.1) is 0 Å². The smallest absolute Gasteiger partial charge is 0.162 e. The molecule has 0 atom stereocenters. The minimum atomic E-state index is -0.252. The number of ketones is 1. The fraction of sp³-hybridized carbons (Fsp3) is 0.333. The van der Waals surface area contributed by atoms with Gasteiger partial charge in [-0.3, -0.25) is 9.79 Å². The molecule has 3 heteroatoms. The van der Waals surface area contributed by atoms with E-state index in [1.807, 2.05) is 0 Å². The third-order valence-electron chi connectivity index (χ3n) is 1.38. The molecule has 0 unspecified atom stereocenters. The van der Waals surface area contributed by atoms with E-state index in [2.05, 4.69) is 11.6 Å². The maximum absolute atomic E-state index is 10.7. The molecule has 0 aromatic rings. The minimum absolute atomic E-state index is 0.0955. The summed E-state index contributed by atoms with van der Waals surface area (Å²) in [4.78, 5) is 14.6. The van der Waals surface area contributed by atoms with Gasteiger partial charge in [0.2, 0.25) is 0 Å². The fourth-order valence-corrected chi connectivity index (χ4v) is 0.640. The average Bonchev–Trinajstić information content (AvgIpc) is 2.02. The van der Waals surface area contributed by atoms with E-state index in [1.165, 1.54) is 6.92 Å². The summed E-state index contributed by atoms with van der Waals surface area (Å²) in [5.41, 5.74) is 0.496. The van der Waals surface area contributed by atoms with Crippen LogP contribution in [0.15, 0.2) is 28.6 Å². The second-order valence-electron chi connectivity index (χ2n) is 2.36. The lowest BCUT2D eigenvalue weighted by molar-refractivity contribution is -0.113. The molecular formula is C9H13NO2. The fourth-order valence-electron chi connectivity index (χ4n) is 0.640. The van der Waals surface area contributed by atoms with Gasteiger partial charge in [-0.1, -0.05) is 6.58 Å². The first kappa shape index (κ1) is 10.6. The first-order valence-electron chi connectivity index (χ1n) is 3.59. The summed E-state index contributed by atoms with van der Waals surface area (Å²) in [6, 6.07) is 0. The van der Waals surface area contributed by atoms with Crippen LogP contribution in [0.25, 0.3) is 0 Å². The molecule has 12 heavy (non-hydrogen) atoms. The second-order valence-corrected chi connectivity index (χ2v) is 2.36. The van der Waals surface area contributed by atoms with Gasteiger partial charge in [-0.25, -0.2) is 0 Å². The van der Waals surface area contributed by atoms with Crippen molar-refractivity contribution in [3.8, 4) is 0 Å². The molecule has 0 aliphatic rings. The van der Waals surface area contributed by atoms with Gasteiger partial charge < -0.3 is 5.11 Å².